The van der Waals surface area contributed by atoms with Crippen molar-refractivity contribution in [1.82, 2.24) is 10.2 Å². The van der Waals surface area contributed by atoms with E-state index in [4.69, 9.17) is 10.8 Å². The Kier molecular flexibility index (Phi) is 1.85. The topological polar surface area (TPSA) is 51.0 Å². The zero-order chi connectivity index (χ0) is 9.10. The average molecular weight is 173 g/mol. The number of terminal acetylenes is 1. The third-order valence-corrected chi connectivity index (χ3v) is 1.62. The minimum absolute atomic E-state index is 0.411. The summed E-state index contributed by atoms with van der Waals surface area (Å²) in [5.41, 5.74) is 0.685. The number of fused-ring (bicyclic) bond motifs is 1. The Hall–Kier alpha value is -2.02. The maximum absolute atomic E-state index is 5.21. The normalized spacial score (nSPS) is 9.77. The number of nitrogens with one attached hydrogen (secondary N) is 1. The number of aromatic nitrogens is 2. The smallest absolute Gasteiger partial charge is 0.193 e. The molecule has 0 atom stereocenters. The Morgan fingerprint density at radius 3 is 3.38 bits per heavy atom. The number of anilines is 1. The van der Waals surface area contributed by atoms with Gasteiger partial charge >= 0.3 is 0 Å². The van der Waals surface area contributed by atoms with E-state index >= 15 is 0 Å². The molecule has 2 aromatic rings. The van der Waals surface area contributed by atoms with Crippen molar-refractivity contribution in [1.29, 1.82) is 0 Å². The zero-order valence-electron chi connectivity index (χ0n) is 6.82. The predicted molar refractivity (Wildman–Crippen MR) is 49.1 cm³/mol. The molecule has 0 amide bonds. The first kappa shape index (κ1) is 7.62. The molecule has 0 aliphatic heterocycles. The van der Waals surface area contributed by atoms with Crippen LogP contribution < -0.4 is 5.32 Å². The molecule has 0 saturated heterocycles. The van der Waals surface area contributed by atoms with Gasteiger partial charge in [-0.15, -0.1) is 11.5 Å². The third kappa shape index (κ3) is 1.32. The lowest BCUT2D eigenvalue weighted by atomic mass is 10.3. The van der Waals surface area contributed by atoms with Gasteiger partial charge in [-0.2, -0.15) is 5.10 Å². The van der Waals surface area contributed by atoms with Crippen LogP contribution in [-0.2, 0) is 0 Å². The molecule has 0 bridgehead atoms. The second-order valence-electron chi connectivity index (χ2n) is 2.46. The van der Waals surface area contributed by atoms with E-state index in [1.54, 1.807) is 12.5 Å². The van der Waals surface area contributed by atoms with Gasteiger partial charge in [0, 0.05) is 5.39 Å². The fourth-order valence-corrected chi connectivity index (χ4v) is 1.06. The lowest BCUT2D eigenvalue weighted by Crippen LogP contribution is -2.01. The van der Waals surface area contributed by atoms with Crippen LogP contribution in [0.2, 0.25) is 0 Å². The second kappa shape index (κ2) is 3.15. The Morgan fingerprint density at radius 1 is 1.62 bits per heavy atom. The number of hydrogen-bond acceptors (Lipinski definition) is 4. The van der Waals surface area contributed by atoms with Gasteiger partial charge in [-0.3, -0.25) is 0 Å². The van der Waals surface area contributed by atoms with Crippen molar-refractivity contribution >= 4 is 16.8 Å². The van der Waals surface area contributed by atoms with Crippen molar-refractivity contribution in [3.63, 3.8) is 0 Å². The molecule has 2 rings (SSSR count). The second-order valence-corrected chi connectivity index (χ2v) is 2.46. The summed E-state index contributed by atoms with van der Waals surface area (Å²) in [6.45, 7) is 0.411. The maximum atomic E-state index is 5.21. The van der Waals surface area contributed by atoms with Gasteiger partial charge in [-0.1, -0.05) is 5.92 Å². The molecule has 1 N–H and O–H groups in total. The fraction of sp³-hybridized carbons (Fsp3) is 0.111. The van der Waals surface area contributed by atoms with Crippen LogP contribution in [0.3, 0.4) is 0 Å². The molecule has 4 nitrogen and oxygen atoms in total. The molecular weight excluding hydrogens is 166 g/mol. The van der Waals surface area contributed by atoms with Crippen LogP contribution >= 0.6 is 0 Å². The summed E-state index contributed by atoms with van der Waals surface area (Å²) in [6.07, 6.45) is 8.34. The van der Waals surface area contributed by atoms with Crippen LogP contribution in [0.15, 0.2) is 22.9 Å². The first-order valence-electron chi connectivity index (χ1n) is 3.78. The molecule has 64 valence electrons. The van der Waals surface area contributed by atoms with Gasteiger partial charge in [0.1, 0.15) is 0 Å². The van der Waals surface area contributed by atoms with Crippen molar-refractivity contribution in [3.8, 4) is 12.3 Å². The summed E-state index contributed by atoms with van der Waals surface area (Å²) in [7, 11) is 0. The van der Waals surface area contributed by atoms with Crippen molar-refractivity contribution in [2.75, 3.05) is 11.9 Å². The standard InChI is InChI=1S/C9H7N3O/c1-2-4-10-9-8-7(3-5-13-8)6-11-12-9/h1,3,5-6H,4H2,(H,10,12). The first-order valence-corrected chi connectivity index (χ1v) is 3.78. The highest BCUT2D eigenvalue weighted by atomic mass is 16.3. The van der Waals surface area contributed by atoms with Crippen LogP contribution in [-0.4, -0.2) is 16.7 Å². The van der Waals surface area contributed by atoms with Crippen molar-refractivity contribution in [2.24, 2.45) is 0 Å². The van der Waals surface area contributed by atoms with Crippen LogP contribution in [0.25, 0.3) is 11.0 Å². The Balaban J connectivity index is 2.44. The molecule has 0 saturated carbocycles. The van der Waals surface area contributed by atoms with E-state index in [1.807, 2.05) is 6.07 Å². The van der Waals surface area contributed by atoms with Crippen LogP contribution in [0, 0.1) is 12.3 Å². The average Bonchev–Trinajstić information content (AvgIpc) is 2.62. The first-order chi connectivity index (χ1) is 6.42. The number of hydrogen-bond donors (Lipinski definition) is 1. The van der Waals surface area contributed by atoms with E-state index in [-0.39, 0.29) is 0 Å². The number of rotatable bonds is 2. The summed E-state index contributed by atoms with van der Waals surface area (Å²) in [4.78, 5) is 0. The monoisotopic (exact) mass is 173 g/mol. The van der Waals surface area contributed by atoms with Crippen molar-refractivity contribution in [3.05, 3.63) is 18.5 Å². The van der Waals surface area contributed by atoms with E-state index < -0.39 is 0 Å². The zero-order valence-corrected chi connectivity index (χ0v) is 6.82. The molecule has 0 radical (unpaired) electrons. The van der Waals surface area contributed by atoms with E-state index in [1.165, 1.54) is 0 Å². The summed E-state index contributed by atoms with van der Waals surface area (Å²) in [5.74, 6) is 3.04. The molecule has 0 fully saturated rings. The largest absolute Gasteiger partial charge is 0.460 e. The van der Waals surface area contributed by atoms with Gasteiger partial charge in [0.15, 0.2) is 11.4 Å². The SMILES string of the molecule is C#CCNc1nncc2ccoc12. The molecule has 0 aliphatic rings. The molecule has 2 aromatic heterocycles. The molecule has 0 spiro atoms. The van der Waals surface area contributed by atoms with E-state index in [0.29, 0.717) is 17.9 Å². The van der Waals surface area contributed by atoms with Gasteiger partial charge < -0.3 is 9.73 Å². The number of furan rings is 1. The number of nitrogens with zero attached hydrogens (tertiary/aromatic N) is 2. The molecule has 2 heterocycles. The summed E-state index contributed by atoms with van der Waals surface area (Å²) in [5, 5.41) is 11.5. The summed E-state index contributed by atoms with van der Waals surface area (Å²) >= 11 is 0. The lowest BCUT2D eigenvalue weighted by Gasteiger charge is -1.99. The van der Waals surface area contributed by atoms with E-state index in [0.717, 1.165) is 5.39 Å². The molecule has 0 aliphatic carbocycles. The van der Waals surface area contributed by atoms with Crippen LogP contribution in [0.4, 0.5) is 5.82 Å². The molecule has 13 heavy (non-hydrogen) atoms. The van der Waals surface area contributed by atoms with Crippen LogP contribution in [0.5, 0.6) is 0 Å². The quantitative estimate of drug-likeness (QED) is 0.695. The Bertz CT molecular complexity index is 455. The van der Waals surface area contributed by atoms with Gasteiger partial charge in [-0.05, 0) is 6.07 Å². The van der Waals surface area contributed by atoms with Gasteiger partial charge in [0.25, 0.3) is 0 Å². The Morgan fingerprint density at radius 2 is 2.54 bits per heavy atom. The highest BCUT2D eigenvalue weighted by molar-refractivity contribution is 5.85. The minimum atomic E-state index is 0.411. The summed E-state index contributed by atoms with van der Waals surface area (Å²) in [6, 6.07) is 1.82. The van der Waals surface area contributed by atoms with Crippen LogP contribution in [0.1, 0.15) is 0 Å². The highest BCUT2D eigenvalue weighted by Gasteiger charge is 2.04. The van der Waals surface area contributed by atoms with Crippen molar-refractivity contribution in [2.45, 2.75) is 0 Å². The Labute approximate surface area is 75.0 Å². The molecule has 0 unspecified atom stereocenters. The van der Waals surface area contributed by atoms with Gasteiger partial charge in [0.05, 0.1) is 19.0 Å². The van der Waals surface area contributed by atoms with Gasteiger partial charge in [-0.25, -0.2) is 0 Å². The minimum Gasteiger partial charge on any atom is -0.460 e. The third-order valence-electron chi connectivity index (χ3n) is 1.62. The molecular formula is C9H7N3O. The molecule has 4 heteroatoms. The molecule has 0 aromatic carbocycles. The lowest BCUT2D eigenvalue weighted by molar-refractivity contribution is 0.614. The predicted octanol–water partition coefficient (Wildman–Crippen LogP) is 1.27. The van der Waals surface area contributed by atoms with Gasteiger partial charge in [0.2, 0.25) is 0 Å². The van der Waals surface area contributed by atoms with Crippen molar-refractivity contribution < 1.29 is 4.42 Å². The van der Waals surface area contributed by atoms with E-state index in [9.17, 15) is 0 Å². The summed E-state index contributed by atoms with van der Waals surface area (Å²) < 4.78 is 5.21. The van der Waals surface area contributed by atoms with E-state index in [2.05, 4.69) is 21.4 Å². The highest BCUT2D eigenvalue weighted by Crippen LogP contribution is 2.19. The fourth-order valence-electron chi connectivity index (χ4n) is 1.06. The maximum Gasteiger partial charge on any atom is 0.193 e.